The van der Waals surface area contributed by atoms with Gasteiger partial charge in [0.15, 0.2) is 0 Å². The summed E-state index contributed by atoms with van der Waals surface area (Å²) in [5.74, 6) is 0.0997. The zero-order valence-corrected chi connectivity index (χ0v) is 11.0. The summed E-state index contributed by atoms with van der Waals surface area (Å²) in [4.78, 5) is 20.3. The standard InChI is InChI=1S/C11H18N6O2/c1-7-5-8(3-4-16(7)2)15-11-9(17(18)19)10(12)13-6-14-11/h6-8H,3-5H2,1-2H3,(H3,12,13,14,15). The summed E-state index contributed by atoms with van der Waals surface area (Å²) in [6.07, 6.45) is 3.07. The van der Waals surface area contributed by atoms with Gasteiger partial charge in [0.25, 0.3) is 0 Å². The number of nitrogens with two attached hydrogens (primary N) is 1. The van der Waals surface area contributed by atoms with Gasteiger partial charge in [0.1, 0.15) is 6.33 Å². The molecule has 0 spiro atoms. The Morgan fingerprint density at radius 1 is 1.58 bits per heavy atom. The van der Waals surface area contributed by atoms with Crippen molar-refractivity contribution in [3.8, 4) is 0 Å². The van der Waals surface area contributed by atoms with E-state index in [1.165, 1.54) is 6.33 Å². The van der Waals surface area contributed by atoms with Crippen LogP contribution >= 0.6 is 0 Å². The smallest absolute Gasteiger partial charge is 0.352 e. The molecule has 1 aromatic rings. The molecule has 0 radical (unpaired) electrons. The maximum atomic E-state index is 11.0. The van der Waals surface area contributed by atoms with E-state index in [2.05, 4.69) is 34.2 Å². The van der Waals surface area contributed by atoms with Gasteiger partial charge in [-0.1, -0.05) is 0 Å². The molecule has 3 N–H and O–H groups in total. The number of nitro groups is 1. The summed E-state index contributed by atoms with van der Waals surface area (Å²) in [7, 11) is 2.08. The Morgan fingerprint density at radius 3 is 2.95 bits per heavy atom. The molecular formula is C11H18N6O2. The van der Waals surface area contributed by atoms with Crippen LogP contribution in [0.3, 0.4) is 0 Å². The van der Waals surface area contributed by atoms with Crippen molar-refractivity contribution in [2.75, 3.05) is 24.6 Å². The Balaban J connectivity index is 2.15. The Morgan fingerprint density at radius 2 is 2.32 bits per heavy atom. The van der Waals surface area contributed by atoms with Crippen LogP contribution in [0.1, 0.15) is 19.8 Å². The molecule has 0 amide bonds. The first-order valence-corrected chi connectivity index (χ1v) is 6.20. The van der Waals surface area contributed by atoms with E-state index in [1.807, 2.05) is 0 Å². The van der Waals surface area contributed by atoms with Gasteiger partial charge in [-0.2, -0.15) is 0 Å². The summed E-state index contributed by atoms with van der Waals surface area (Å²) >= 11 is 0. The van der Waals surface area contributed by atoms with Gasteiger partial charge in [-0.15, -0.1) is 0 Å². The zero-order valence-electron chi connectivity index (χ0n) is 11.0. The largest absolute Gasteiger partial charge is 0.378 e. The monoisotopic (exact) mass is 266 g/mol. The van der Waals surface area contributed by atoms with E-state index >= 15 is 0 Å². The van der Waals surface area contributed by atoms with Gasteiger partial charge < -0.3 is 16.0 Å². The zero-order chi connectivity index (χ0) is 14.0. The number of nitrogens with one attached hydrogen (secondary N) is 1. The normalized spacial score (nSPS) is 24.1. The van der Waals surface area contributed by atoms with Crippen LogP contribution in [0.15, 0.2) is 6.33 Å². The van der Waals surface area contributed by atoms with Gasteiger partial charge >= 0.3 is 5.69 Å². The highest BCUT2D eigenvalue weighted by atomic mass is 16.6. The van der Waals surface area contributed by atoms with Crippen LogP contribution in [-0.2, 0) is 0 Å². The maximum absolute atomic E-state index is 11.0. The number of nitrogens with zero attached hydrogens (tertiary/aromatic N) is 4. The number of nitrogen functional groups attached to an aromatic ring is 1. The predicted molar refractivity (Wildman–Crippen MR) is 71.8 cm³/mol. The number of rotatable bonds is 3. The highest BCUT2D eigenvalue weighted by Gasteiger charge is 2.27. The highest BCUT2D eigenvalue weighted by molar-refractivity contribution is 5.67. The van der Waals surface area contributed by atoms with E-state index in [1.54, 1.807) is 0 Å². The molecular weight excluding hydrogens is 248 g/mol. The van der Waals surface area contributed by atoms with Crippen molar-refractivity contribution in [1.29, 1.82) is 0 Å². The fraction of sp³-hybridized carbons (Fsp3) is 0.636. The second-order valence-corrected chi connectivity index (χ2v) is 4.91. The van der Waals surface area contributed by atoms with Gasteiger partial charge in [-0.25, -0.2) is 9.97 Å². The third-order valence-corrected chi connectivity index (χ3v) is 3.58. The van der Waals surface area contributed by atoms with Gasteiger partial charge in [-0.05, 0) is 26.8 Å². The number of hydrogen-bond donors (Lipinski definition) is 2. The molecule has 0 aromatic carbocycles. The molecule has 1 aliphatic heterocycles. The minimum Gasteiger partial charge on any atom is -0.378 e. The molecule has 104 valence electrons. The van der Waals surface area contributed by atoms with Crippen molar-refractivity contribution >= 4 is 17.3 Å². The average Bonchev–Trinajstić information content (AvgIpc) is 2.33. The number of anilines is 2. The lowest BCUT2D eigenvalue weighted by atomic mass is 9.99. The van der Waals surface area contributed by atoms with E-state index in [0.29, 0.717) is 6.04 Å². The van der Waals surface area contributed by atoms with Crippen LogP contribution in [0.5, 0.6) is 0 Å². The van der Waals surface area contributed by atoms with Crippen LogP contribution in [0.25, 0.3) is 0 Å². The lowest BCUT2D eigenvalue weighted by Gasteiger charge is -2.35. The third-order valence-electron chi connectivity index (χ3n) is 3.58. The molecule has 2 rings (SSSR count). The van der Waals surface area contributed by atoms with Crippen molar-refractivity contribution in [2.45, 2.75) is 31.8 Å². The first-order valence-electron chi connectivity index (χ1n) is 6.20. The van der Waals surface area contributed by atoms with Crippen LogP contribution in [-0.4, -0.2) is 45.5 Å². The molecule has 1 fully saturated rings. The molecule has 8 nitrogen and oxygen atoms in total. The molecule has 2 atom stereocenters. The average molecular weight is 266 g/mol. The van der Waals surface area contributed by atoms with Crippen LogP contribution in [0.4, 0.5) is 17.3 Å². The minimum atomic E-state index is -0.546. The maximum Gasteiger partial charge on any atom is 0.352 e. The number of piperidine rings is 1. The minimum absolute atomic E-state index is 0.108. The highest BCUT2D eigenvalue weighted by Crippen LogP contribution is 2.28. The van der Waals surface area contributed by atoms with E-state index < -0.39 is 4.92 Å². The van der Waals surface area contributed by atoms with Crippen molar-refractivity contribution in [3.05, 3.63) is 16.4 Å². The first kappa shape index (κ1) is 13.5. The lowest BCUT2D eigenvalue weighted by Crippen LogP contribution is -2.42. The van der Waals surface area contributed by atoms with Gasteiger partial charge in [0.05, 0.1) is 4.92 Å². The van der Waals surface area contributed by atoms with Crippen LogP contribution in [0.2, 0.25) is 0 Å². The van der Waals surface area contributed by atoms with E-state index in [-0.39, 0.29) is 23.4 Å². The summed E-state index contributed by atoms with van der Waals surface area (Å²) in [6.45, 7) is 3.09. The molecule has 2 unspecified atom stereocenters. The Hall–Kier alpha value is -1.96. The van der Waals surface area contributed by atoms with Gasteiger partial charge in [-0.3, -0.25) is 10.1 Å². The molecule has 1 aliphatic rings. The van der Waals surface area contributed by atoms with Crippen molar-refractivity contribution < 1.29 is 4.92 Å². The summed E-state index contributed by atoms with van der Waals surface area (Å²) in [5.41, 5.74) is 5.29. The topological polar surface area (TPSA) is 110 Å². The first-order chi connectivity index (χ1) is 8.99. The molecule has 1 aromatic heterocycles. The fourth-order valence-corrected chi connectivity index (χ4v) is 2.29. The summed E-state index contributed by atoms with van der Waals surface area (Å²) < 4.78 is 0. The van der Waals surface area contributed by atoms with Crippen molar-refractivity contribution in [2.24, 2.45) is 0 Å². The predicted octanol–water partition coefficient (Wildman–Crippen LogP) is 0.862. The third kappa shape index (κ3) is 2.90. The Bertz CT molecular complexity index is 480. The molecule has 8 heteroatoms. The Kier molecular flexibility index (Phi) is 3.79. The summed E-state index contributed by atoms with van der Waals surface area (Å²) in [6, 6.07) is 0.601. The Labute approximate surface area is 111 Å². The van der Waals surface area contributed by atoms with Crippen LogP contribution in [0, 0.1) is 10.1 Å². The lowest BCUT2D eigenvalue weighted by molar-refractivity contribution is -0.383. The molecule has 2 heterocycles. The SMILES string of the molecule is CC1CC(Nc2ncnc(N)c2[N+](=O)[O-])CCN1C. The number of aromatic nitrogens is 2. The van der Waals surface area contributed by atoms with Crippen molar-refractivity contribution in [3.63, 3.8) is 0 Å². The van der Waals surface area contributed by atoms with E-state index in [4.69, 9.17) is 5.73 Å². The van der Waals surface area contributed by atoms with E-state index in [9.17, 15) is 10.1 Å². The quantitative estimate of drug-likeness (QED) is 0.616. The second-order valence-electron chi connectivity index (χ2n) is 4.91. The molecule has 0 aliphatic carbocycles. The number of likely N-dealkylation sites (tertiary alicyclic amines) is 1. The molecule has 0 bridgehead atoms. The van der Waals surface area contributed by atoms with Crippen LogP contribution < -0.4 is 11.1 Å². The van der Waals surface area contributed by atoms with Gasteiger partial charge in [0, 0.05) is 18.6 Å². The summed E-state index contributed by atoms with van der Waals surface area (Å²) in [5, 5.41) is 14.1. The molecule has 19 heavy (non-hydrogen) atoms. The van der Waals surface area contributed by atoms with E-state index in [0.717, 1.165) is 19.4 Å². The second kappa shape index (κ2) is 5.35. The fourth-order valence-electron chi connectivity index (χ4n) is 2.29. The molecule has 0 saturated carbocycles. The van der Waals surface area contributed by atoms with Crippen molar-refractivity contribution in [1.82, 2.24) is 14.9 Å². The number of hydrogen-bond acceptors (Lipinski definition) is 7. The van der Waals surface area contributed by atoms with Gasteiger partial charge in [0.2, 0.25) is 11.6 Å². The molecule has 1 saturated heterocycles.